The summed E-state index contributed by atoms with van der Waals surface area (Å²) in [7, 11) is 1.07. The fourth-order valence-electron chi connectivity index (χ4n) is 1.16. The van der Waals surface area contributed by atoms with E-state index in [2.05, 4.69) is 10.1 Å². The van der Waals surface area contributed by atoms with E-state index in [0.29, 0.717) is 0 Å². The van der Waals surface area contributed by atoms with Gasteiger partial charge in [0.1, 0.15) is 18.4 Å². The monoisotopic (exact) mass is 274 g/mol. The number of nitrogens with one attached hydrogen (secondary N) is 1. The number of methoxy groups -OCH3 is 1. The Hall–Kier alpha value is -1.10. The van der Waals surface area contributed by atoms with E-state index in [4.69, 9.17) is 14.3 Å². The first-order valence-corrected chi connectivity index (χ1v) is 5.95. The van der Waals surface area contributed by atoms with Crippen molar-refractivity contribution < 1.29 is 24.2 Å². The molecule has 0 radical (unpaired) electrons. The maximum absolute atomic E-state index is 10.1. The molecule has 4 heteroatoms. The predicted molar refractivity (Wildman–Crippen MR) is 76.7 cm³/mol. The van der Waals surface area contributed by atoms with Gasteiger partial charge in [0.15, 0.2) is 0 Å². The van der Waals surface area contributed by atoms with E-state index in [0.717, 1.165) is 7.11 Å². The Bertz CT molecular complexity index is 591. The lowest BCUT2D eigenvalue weighted by Crippen LogP contribution is -2.35. The summed E-state index contributed by atoms with van der Waals surface area (Å²) in [5.74, 6) is 0.175. The normalized spacial score (nSPS) is 22.1. The van der Waals surface area contributed by atoms with Crippen molar-refractivity contribution in [2.75, 3.05) is 26.8 Å². The zero-order valence-corrected chi connectivity index (χ0v) is 11.4. The van der Waals surface area contributed by atoms with Gasteiger partial charge in [0.2, 0.25) is 0 Å². The van der Waals surface area contributed by atoms with E-state index in [-0.39, 0.29) is 17.4 Å². The molecule has 108 valence electrons. The number of ether oxygens (including phenoxy) is 2. The van der Waals surface area contributed by atoms with Crippen LogP contribution in [0.5, 0.6) is 5.75 Å². The van der Waals surface area contributed by atoms with Gasteiger partial charge in [0.05, 0.1) is 10.7 Å². The van der Waals surface area contributed by atoms with Crippen molar-refractivity contribution in [3.63, 3.8) is 0 Å². The molecule has 0 heterocycles. The Morgan fingerprint density at radius 1 is 1.37 bits per heavy atom. The third kappa shape index (κ3) is 7.15. The predicted octanol–water partition coefficient (Wildman–Crippen LogP) is 1.61. The van der Waals surface area contributed by atoms with E-state index < -0.39 is 32.1 Å². The number of aliphatic hydroxyl groups is 1. The summed E-state index contributed by atoms with van der Waals surface area (Å²) in [6, 6.07) is 5.01. The molecule has 0 fully saturated rings. The van der Waals surface area contributed by atoms with Gasteiger partial charge in [-0.15, -0.1) is 0 Å². The summed E-state index contributed by atoms with van der Waals surface area (Å²) in [6.45, 7) is -2.24. The first-order valence-electron chi connectivity index (χ1n) is 9.45. The molecule has 1 unspecified atom stereocenters. The molecule has 1 rings (SSSR count). The SMILES string of the molecule is [2H]C(O)(COc1ccc(C([2H])([2H])C([2H])([2H])OC)cc1)C([2H])([2H])NC(C)C. The van der Waals surface area contributed by atoms with Crippen molar-refractivity contribution in [3.05, 3.63) is 29.8 Å². The van der Waals surface area contributed by atoms with Gasteiger partial charge in [-0.2, -0.15) is 0 Å². The van der Waals surface area contributed by atoms with E-state index in [1.54, 1.807) is 13.8 Å². The van der Waals surface area contributed by atoms with Crippen LogP contribution >= 0.6 is 0 Å². The van der Waals surface area contributed by atoms with Crippen LogP contribution in [-0.4, -0.2) is 44.0 Å². The molecule has 1 aromatic carbocycles. The van der Waals surface area contributed by atoms with Crippen LogP contribution in [0.15, 0.2) is 24.3 Å². The fourth-order valence-corrected chi connectivity index (χ4v) is 1.16. The van der Waals surface area contributed by atoms with E-state index >= 15 is 0 Å². The molecular formula is C15H25NO3. The standard InChI is InChI=1S/C15H25NO3/c1-12(2)16-10-14(17)11-19-15-6-4-13(5-7-15)8-9-18-3/h4-7,12,14,16-17H,8-11H2,1-3H3/i8D2,9D2,10D2,14D. The van der Waals surface area contributed by atoms with Gasteiger partial charge in [-0.25, -0.2) is 0 Å². The Labute approximate surface area is 125 Å². The Morgan fingerprint density at radius 2 is 2.05 bits per heavy atom. The number of benzene rings is 1. The third-order valence-electron chi connectivity index (χ3n) is 2.03. The molecule has 0 saturated carbocycles. The van der Waals surface area contributed by atoms with E-state index in [1.807, 2.05) is 0 Å². The van der Waals surface area contributed by atoms with Crippen LogP contribution in [0.1, 0.15) is 29.0 Å². The molecule has 2 N–H and O–H groups in total. The average molecular weight is 274 g/mol. The zero-order chi connectivity index (χ0) is 20.4. The number of aryl methyl sites for hydroxylation is 1. The minimum Gasteiger partial charge on any atom is -0.491 e. The van der Waals surface area contributed by atoms with Crippen LogP contribution in [0.25, 0.3) is 0 Å². The summed E-state index contributed by atoms with van der Waals surface area (Å²) in [6.07, 6.45) is -4.97. The maximum Gasteiger partial charge on any atom is 0.119 e. The van der Waals surface area contributed by atoms with Gasteiger partial charge in [0, 0.05) is 25.1 Å². The lowest BCUT2D eigenvalue weighted by Gasteiger charge is -2.15. The van der Waals surface area contributed by atoms with E-state index in [9.17, 15) is 5.11 Å². The highest BCUT2D eigenvalue weighted by Crippen LogP contribution is 2.12. The Kier molecular flexibility index (Phi) is 3.87. The summed E-state index contributed by atoms with van der Waals surface area (Å²) in [5, 5.41) is 12.5. The maximum atomic E-state index is 10.1. The molecule has 0 aliphatic heterocycles. The second-order valence-electron chi connectivity index (χ2n) is 4.11. The van der Waals surface area contributed by atoms with Crippen LogP contribution in [0.4, 0.5) is 0 Å². The fraction of sp³-hybridized carbons (Fsp3) is 0.600. The molecule has 0 amide bonds. The molecule has 0 aliphatic rings. The van der Waals surface area contributed by atoms with Crippen molar-refractivity contribution in [1.29, 1.82) is 0 Å². The molecule has 4 nitrogen and oxygen atoms in total. The summed E-state index contributed by atoms with van der Waals surface area (Å²) in [5.41, 5.74) is 0.0228. The van der Waals surface area contributed by atoms with Crippen LogP contribution in [-0.2, 0) is 11.1 Å². The second kappa shape index (κ2) is 8.91. The van der Waals surface area contributed by atoms with E-state index in [1.165, 1.54) is 24.3 Å². The Morgan fingerprint density at radius 3 is 2.63 bits per heavy atom. The average Bonchev–Trinajstić information content (AvgIpc) is 2.51. The van der Waals surface area contributed by atoms with Crippen LogP contribution < -0.4 is 10.1 Å². The molecule has 19 heavy (non-hydrogen) atoms. The number of hydrogen-bond acceptors (Lipinski definition) is 4. The van der Waals surface area contributed by atoms with Gasteiger partial charge in [-0.3, -0.25) is 0 Å². The second-order valence-corrected chi connectivity index (χ2v) is 4.11. The third-order valence-corrected chi connectivity index (χ3v) is 2.03. The molecule has 0 saturated heterocycles. The zero-order valence-electron chi connectivity index (χ0n) is 18.4. The van der Waals surface area contributed by atoms with Gasteiger partial charge in [-0.1, -0.05) is 26.0 Å². The molecule has 0 bridgehead atoms. The van der Waals surface area contributed by atoms with Crippen molar-refractivity contribution in [1.82, 2.24) is 5.32 Å². The summed E-state index contributed by atoms with van der Waals surface area (Å²) >= 11 is 0. The lowest BCUT2D eigenvalue weighted by atomic mass is 10.1. The highest BCUT2D eigenvalue weighted by molar-refractivity contribution is 5.27. The molecular weight excluding hydrogens is 242 g/mol. The number of rotatable bonds is 9. The first-order chi connectivity index (χ1) is 11.7. The first kappa shape index (κ1) is 8.25. The van der Waals surface area contributed by atoms with Gasteiger partial charge in [-0.05, 0) is 24.1 Å². The summed E-state index contributed by atoms with van der Waals surface area (Å²) in [4.78, 5) is 0. The molecule has 1 aromatic rings. The molecule has 0 spiro atoms. The van der Waals surface area contributed by atoms with Gasteiger partial charge in [0.25, 0.3) is 0 Å². The van der Waals surface area contributed by atoms with Crippen molar-refractivity contribution in [2.24, 2.45) is 0 Å². The summed E-state index contributed by atoms with van der Waals surface area (Å²) < 4.78 is 64.1. The van der Waals surface area contributed by atoms with Crippen LogP contribution in [0.3, 0.4) is 0 Å². The minimum absolute atomic E-state index is 0.0228. The lowest BCUT2D eigenvalue weighted by molar-refractivity contribution is 0.104. The van der Waals surface area contributed by atoms with Crippen molar-refractivity contribution in [3.8, 4) is 5.75 Å². The highest BCUT2D eigenvalue weighted by atomic mass is 16.5. The van der Waals surface area contributed by atoms with Gasteiger partial charge < -0.3 is 19.9 Å². The highest BCUT2D eigenvalue weighted by Gasteiger charge is 2.05. The molecule has 0 aromatic heterocycles. The largest absolute Gasteiger partial charge is 0.491 e. The minimum atomic E-state index is -2.56. The smallest absolute Gasteiger partial charge is 0.119 e. The van der Waals surface area contributed by atoms with Crippen molar-refractivity contribution >= 4 is 0 Å². The quantitative estimate of drug-likeness (QED) is 0.718. The number of hydrogen-bond donors (Lipinski definition) is 2. The van der Waals surface area contributed by atoms with Gasteiger partial charge >= 0.3 is 0 Å². The molecule has 1 atom stereocenters. The van der Waals surface area contributed by atoms with Crippen LogP contribution in [0.2, 0.25) is 0 Å². The molecule has 0 aliphatic carbocycles. The van der Waals surface area contributed by atoms with Crippen LogP contribution in [0, 0.1) is 0 Å². The Balaban J connectivity index is 2.85. The topological polar surface area (TPSA) is 50.7 Å². The van der Waals surface area contributed by atoms with Crippen molar-refractivity contribution in [2.45, 2.75) is 32.3 Å².